The smallest absolute Gasteiger partial charge is 0.338 e. The van der Waals surface area contributed by atoms with E-state index < -0.39 is 18.5 Å². The molecule has 7 nitrogen and oxygen atoms in total. The van der Waals surface area contributed by atoms with Gasteiger partial charge in [0.25, 0.3) is 5.91 Å². The number of benzene rings is 2. The average molecular weight is 417 g/mol. The molecular weight excluding hydrogens is 401 g/mol. The van der Waals surface area contributed by atoms with Gasteiger partial charge in [-0.25, -0.2) is 9.18 Å². The fraction of sp³-hybridized carbons (Fsp3) is 0.0435. The van der Waals surface area contributed by atoms with E-state index in [1.54, 1.807) is 67.0 Å². The Hall–Kier alpha value is -4.33. The third-order valence-electron chi connectivity index (χ3n) is 4.38. The molecule has 2 aromatic carbocycles. The van der Waals surface area contributed by atoms with Gasteiger partial charge >= 0.3 is 5.97 Å². The molecule has 0 aliphatic carbocycles. The number of aromatic nitrogens is 2. The van der Waals surface area contributed by atoms with Gasteiger partial charge in [-0.1, -0.05) is 23.4 Å². The molecule has 0 fully saturated rings. The Bertz CT molecular complexity index is 1190. The van der Waals surface area contributed by atoms with Crippen molar-refractivity contribution in [1.82, 2.24) is 10.1 Å². The highest BCUT2D eigenvalue weighted by Crippen LogP contribution is 2.37. The standard InChI is InChI=1S/C23H16FN3O4/c24-18-8-6-16(7-9-18)21-20(15-10-12-25-13-11-15)22(31-27-21)26-19(28)14-30-23(29)17-4-2-1-3-5-17/h1-13H,14H2,(H,26,28). The van der Waals surface area contributed by atoms with Crippen LogP contribution in [0.15, 0.2) is 83.6 Å². The minimum Gasteiger partial charge on any atom is -0.452 e. The summed E-state index contributed by atoms with van der Waals surface area (Å²) in [5.41, 5.74) is 2.55. The number of hydrogen-bond donors (Lipinski definition) is 1. The maximum absolute atomic E-state index is 13.3. The van der Waals surface area contributed by atoms with Crippen molar-refractivity contribution in [3.63, 3.8) is 0 Å². The van der Waals surface area contributed by atoms with Crippen molar-refractivity contribution in [2.75, 3.05) is 11.9 Å². The number of carbonyl (C=O) groups excluding carboxylic acids is 2. The SMILES string of the molecule is O=C(COC(=O)c1ccccc1)Nc1onc(-c2ccc(F)cc2)c1-c1ccncc1. The van der Waals surface area contributed by atoms with Crippen LogP contribution in [0, 0.1) is 5.82 Å². The van der Waals surface area contributed by atoms with Gasteiger partial charge in [-0.05, 0) is 54.1 Å². The monoisotopic (exact) mass is 417 g/mol. The molecule has 2 heterocycles. The first-order valence-electron chi connectivity index (χ1n) is 9.30. The lowest BCUT2D eigenvalue weighted by atomic mass is 10.0. The molecule has 0 aliphatic heterocycles. The van der Waals surface area contributed by atoms with Gasteiger partial charge in [0.2, 0.25) is 5.88 Å². The summed E-state index contributed by atoms with van der Waals surface area (Å²) >= 11 is 0. The van der Waals surface area contributed by atoms with E-state index in [0.29, 0.717) is 27.9 Å². The summed E-state index contributed by atoms with van der Waals surface area (Å²) in [4.78, 5) is 28.4. The molecule has 0 saturated carbocycles. The van der Waals surface area contributed by atoms with Crippen LogP contribution in [0.5, 0.6) is 0 Å². The number of halogens is 1. The minimum absolute atomic E-state index is 0.0753. The van der Waals surface area contributed by atoms with Gasteiger partial charge in [0.1, 0.15) is 11.5 Å². The maximum Gasteiger partial charge on any atom is 0.338 e. The highest BCUT2D eigenvalue weighted by atomic mass is 19.1. The Morgan fingerprint density at radius 1 is 0.935 bits per heavy atom. The van der Waals surface area contributed by atoms with E-state index >= 15 is 0 Å². The second-order valence-electron chi connectivity index (χ2n) is 6.47. The fourth-order valence-electron chi connectivity index (χ4n) is 2.92. The molecule has 1 amide bonds. The third-order valence-corrected chi connectivity index (χ3v) is 4.38. The number of pyridine rings is 1. The van der Waals surface area contributed by atoms with Gasteiger partial charge in [0, 0.05) is 18.0 Å². The van der Waals surface area contributed by atoms with E-state index in [1.165, 1.54) is 12.1 Å². The van der Waals surface area contributed by atoms with Gasteiger partial charge in [0.15, 0.2) is 6.61 Å². The summed E-state index contributed by atoms with van der Waals surface area (Å²) in [5.74, 6) is -1.52. The third kappa shape index (κ3) is 4.64. The second kappa shape index (κ2) is 9.00. The Kier molecular flexibility index (Phi) is 5.79. The van der Waals surface area contributed by atoms with Crippen molar-refractivity contribution in [2.45, 2.75) is 0 Å². The first-order chi connectivity index (χ1) is 15.1. The lowest BCUT2D eigenvalue weighted by Crippen LogP contribution is -2.21. The van der Waals surface area contributed by atoms with Crippen molar-refractivity contribution < 1.29 is 23.2 Å². The van der Waals surface area contributed by atoms with Gasteiger partial charge in [-0.2, -0.15) is 0 Å². The number of esters is 1. The van der Waals surface area contributed by atoms with E-state index in [0.717, 1.165) is 0 Å². The fourth-order valence-corrected chi connectivity index (χ4v) is 2.92. The number of carbonyl (C=O) groups is 2. The van der Waals surface area contributed by atoms with Crippen LogP contribution < -0.4 is 5.32 Å². The number of ether oxygens (including phenoxy) is 1. The molecule has 1 N–H and O–H groups in total. The van der Waals surface area contributed by atoms with E-state index in [9.17, 15) is 14.0 Å². The summed E-state index contributed by atoms with van der Waals surface area (Å²) in [6.45, 7) is -0.504. The number of anilines is 1. The van der Waals surface area contributed by atoms with E-state index in [2.05, 4.69) is 15.5 Å². The Labute approximate surface area is 176 Å². The normalized spacial score (nSPS) is 10.5. The van der Waals surface area contributed by atoms with Crippen LogP contribution in [0.25, 0.3) is 22.4 Å². The quantitative estimate of drug-likeness (QED) is 0.469. The second-order valence-corrected chi connectivity index (χ2v) is 6.47. The topological polar surface area (TPSA) is 94.3 Å². The number of amides is 1. The van der Waals surface area contributed by atoms with Crippen LogP contribution in [0.3, 0.4) is 0 Å². The average Bonchev–Trinajstić information content (AvgIpc) is 3.22. The van der Waals surface area contributed by atoms with Crippen molar-refractivity contribution in [2.24, 2.45) is 0 Å². The predicted octanol–water partition coefficient (Wildman–Crippen LogP) is 4.34. The van der Waals surface area contributed by atoms with Crippen molar-refractivity contribution in [3.8, 4) is 22.4 Å². The molecule has 4 aromatic rings. The van der Waals surface area contributed by atoms with Crippen LogP contribution in [0.2, 0.25) is 0 Å². The number of nitrogens with one attached hydrogen (secondary N) is 1. The van der Waals surface area contributed by atoms with Crippen LogP contribution in [-0.4, -0.2) is 28.6 Å². The van der Waals surface area contributed by atoms with Crippen molar-refractivity contribution >= 4 is 17.8 Å². The predicted molar refractivity (Wildman–Crippen MR) is 110 cm³/mol. The number of hydrogen-bond acceptors (Lipinski definition) is 6. The Morgan fingerprint density at radius 3 is 2.35 bits per heavy atom. The zero-order valence-corrected chi connectivity index (χ0v) is 16.1. The molecule has 0 saturated heterocycles. The number of nitrogens with zero attached hydrogens (tertiary/aromatic N) is 2. The Morgan fingerprint density at radius 2 is 1.65 bits per heavy atom. The largest absolute Gasteiger partial charge is 0.452 e. The zero-order valence-electron chi connectivity index (χ0n) is 16.1. The molecule has 154 valence electrons. The summed E-state index contributed by atoms with van der Waals surface area (Å²) < 4.78 is 23.7. The van der Waals surface area contributed by atoms with Crippen LogP contribution in [0.1, 0.15) is 10.4 Å². The molecule has 0 spiro atoms. The van der Waals surface area contributed by atoms with Gasteiger partial charge in [-0.15, -0.1) is 0 Å². The van der Waals surface area contributed by atoms with Crippen molar-refractivity contribution in [3.05, 3.63) is 90.5 Å². The first-order valence-corrected chi connectivity index (χ1v) is 9.30. The maximum atomic E-state index is 13.3. The summed E-state index contributed by atoms with van der Waals surface area (Å²) in [7, 11) is 0. The summed E-state index contributed by atoms with van der Waals surface area (Å²) in [5, 5.41) is 6.63. The van der Waals surface area contributed by atoms with E-state index in [4.69, 9.17) is 9.26 Å². The summed E-state index contributed by atoms with van der Waals surface area (Å²) in [6.07, 6.45) is 3.17. The van der Waals surface area contributed by atoms with Crippen LogP contribution in [0.4, 0.5) is 10.3 Å². The minimum atomic E-state index is -0.616. The van der Waals surface area contributed by atoms with Gasteiger partial charge in [-0.3, -0.25) is 15.1 Å². The van der Waals surface area contributed by atoms with E-state index in [-0.39, 0.29) is 11.7 Å². The molecule has 0 atom stereocenters. The molecule has 0 radical (unpaired) electrons. The molecular formula is C23H16FN3O4. The number of rotatable bonds is 6. The molecule has 2 aromatic heterocycles. The van der Waals surface area contributed by atoms with E-state index in [1.807, 2.05) is 0 Å². The molecule has 0 bridgehead atoms. The Balaban J connectivity index is 1.56. The van der Waals surface area contributed by atoms with Gasteiger partial charge < -0.3 is 9.26 Å². The molecule has 31 heavy (non-hydrogen) atoms. The highest BCUT2D eigenvalue weighted by molar-refractivity contribution is 5.99. The van der Waals surface area contributed by atoms with Gasteiger partial charge in [0.05, 0.1) is 11.1 Å². The van der Waals surface area contributed by atoms with Crippen molar-refractivity contribution in [1.29, 1.82) is 0 Å². The lowest BCUT2D eigenvalue weighted by molar-refractivity contribution is -0.119. The highest BCUT2D eigenvalue weighted by Gasteiger charge is 2.22. The molecule has 0 unspecified atom stereocenters. The van der Waals surface area contributed by atoms with Crippen LogP contribution >= 0.6 is 0 Å². The zero-order chi connectivity index (χ0) is 21.6. The molecule has 4 rings (SSSR count). The lowest BCUT2D eigenvalue weighted by Gasteiger charge is -2.07. The molecule has 0 aliphatic rings. The first kappa shape index (κ1) is 20.0. The van der Waals surface area contributed by atoms with Crippen LogP contribution in [-0.2, 0) is 9.53 Å². The molecule has 8 heteroatoms. The summed E-state index contributed by atoms with van der Waals surface area (Å²) in [6, 6.07) is 17.5.